The molecule has 1 fully saturated rings. The van der Waals surface area contributed by atoms with E-state index in [-0.39, 0.29) is 22.6 Å². The average Bonchev–Trinajstić information content (AvgIpc) is 2.41. The number of nitrogens with one attached hydrogen (secondary N) is 1. The summed E-state index contributed by atoms with van der Waals surface area (Å²) in [5.41, 5.74) is -0.323. The third-order valence-electron chi connectivity index (χ3n) is 3.97. The fourth-order valence-corrected chi connectivity index (χ4v) is 3.39. The predicted octanol–water partition coefficient (Wildman–Crippen LogP) is 3.26. The predicted molar refractivity (Wildman–Crippen MR) is 79.0 cm³/mol. The molecule has 2 rings (SSSR count). The number of aliphatic hydroxyl groups is 1. The molecule has 1 saturated carbocycles. The van der Waals surface area contributed by atoms with E-state index < -0.39 is 11.4 Å². The summed E-state index contributed by atoms with van der Waals surface area (Å²) in [6.07, 6.45) is 3.60. The van der Waals surface area contributed by atoms with Crippen LogP contribution in [0.4, 0.5) is 4.39 Å². The first-order chi connectivity index (χ1) is 9.47. The van der Waals surface area contributed by atoms with Crippen LogP contribution in [0.15, 0.2) is 22.7 Å². The Labute approximate surface area is 126 Å². The van der Waals surface area contributed by atoms with Gasteiger partial charge < -0.3 is 10.4 Å². The molecule has 2 atom stereocenters. The number of aliphatic hydroxyl groups excluding tert-OH is 1. The van der Waals surface area contributed by atoms with E-state index in [0.29, 0.717) is 5.92 Å². The molecule has 110 valence electrons. The van der Waals surface area contributed by atoms with Gasteiger partial charge in [-0.25, -0.2) is 4.39 Å². The Morgan fingerprint density at radius 2 is 2.35 bits per heavy atom. The SMILES string of the molecule is CC1CCCC(CO)(NC(=O)c2cccc(F)c2Br)C1. The summed E-state index contributed by atoms with van der Waals surface area (Å²) in [5.74, 6) is -0.348. The number of rotatable bonds is 3. The zero-order chi connectivity index (χ0) is 14.8. The maximum absolute atomic E-state index is 13.5. The standard InChI is InChI=1S/C15H19BrFNO2/c1-10-4-3-7-15(8-10,9-19)18-14(20)11-5-2-6-12(17)13(11)16/h2,5-6,10,19H,3-4,7-9H2,1H3,(H,18,20). The van der Waals surface area contributed by atoms with Crippen LogP contribution >= 0.6 is 15.9 Å². The monoisotopic (exact) mass is 343 g/mol. The zero-order valence-electron chi connectivity index (χ0n) is 11.5. The molecule has 0 radical (unpaired) electrons. The smallest absolute Gasteiger partial charge is 0.253 e. The first kappa shape index (κ1) is 15.4. The van der Waals surface area contributed by atoms with Gasteiger partial charge in [-0.3, -0.25) is 4.79 Å². The van der Waals surface area contributed by atoms with Crippen molar-refractivity contribution in [2.75, 3.05) is 6.61 Å². The number of amides is 1. The number of hydrogen-bond donors (Lipinski definition) is 2. The van der Waals surface area contributed by atoms with Gasteiger partial charge in [-0.05, 0) is 46.8 Å². The third-order valence-corrected chi connectivity index (χ3v) is 4.77. The summed E-state index contributed by atoms with van der Waals surface area (Å²) in [5, 5.41) is 12.6. The Kier molecular flexibility index (Phi) is 4.81. The first-order valence-electron chi connectivity index (χ1n) is 6.85. The van der Waals surface area contributed by atoms with E-state index in [0.717, 1.165) is 25.7 Å². The molecule has 1 aromatic carbocycles. The van der Waals surface area contributed by atoms with Gasteiger partial charge in [-0.2, -0.15) is 0 Å². The van der Waals surface area contributed by atoms with E-state index in [9.17, 15) is 14.3 Å². The minimum absolute atomic E-state index is 0.0873. The van der Waals surface area contributed by atoms with Crippen molar-refractivity contribution in [3.8, 4) is 0 Å². The summed E-state index contributed by atoms with van der Waals surface area (Å²) in [6, 6.07) is 4.37. The molecule has 0 aliphatic heterocycles. The fraction of sp³-hybridized carbons (Fsp3) is 0.533. The van der Waals surface area contributed by atoms with E-state index in [1.54, 1.807) is 6.07 Å². The number of hydrogen-bond acceptors (Lipinski definition) is 2. The summed E-state index contributed by atoms with van der Waals surface area (Å²) >= 11 is 3.10. The van der Waals surface area contributed by atoms with Crippen LogP contribution in [0.3, 0.4) is 0 Å². The lowest BCUT2D eigenvalue weighted by atomic mass is 9.76. The Morgan fingerprint density at radius 1 is 1.60 bits per heavy atom. The maximum Gasteiger partial charge on any atom is 0.253 e. The Hall–Kier alpha value is -0.940. The van der Waals surface area contributed by atoms with Gasteiger partial charge in [0.25, 0.3) is 5.91 Å². The topological polar surface area (TPSA) is 49.3 Å². The van der Waals surface area contributed by atoms with E-state index in [1.165, 1.54) is 12.1 Å². The molecule has 20 heavy (non-hydrogen) atoms. The maximum atomic E-state index is 13.5. The second kappa shape index (κ2) is 6.22. The molecule has 1 amide bonds. The molecular formula is C15H19BrFNO2. The quantitative estimate of drug-likeness (QED) is 0.884. The highest BCUT2D eigenvalue weighted by Crippen LogP contribution is 2.32. The van der Waals surface area contributed by atoms with Crippen LogP contribution in [0, 0.1) is 11.7 Å². The van der Waals surface area contributed by atoms with Crippen LogP contribution in [0.25, 0.3) is 0 Å². The normalized spacial score (nSPS) is 26.3. The first-order valence-corrected chi connectivity index (χ1v) is 7.64. The summed E-state index contributed by atoms with van der Waals surface area (Å²) in [6.45, 7) is 2.03. The van der Waals surface area contributed by atoms with Crippen molar-refractivity contribution in [1.82, 2.24) is 5.32 Å². The summed E-state index contributed by atoms with van der Waals surface area (Å²) in [7, 11) is 0. The second-order valence-corrected chi connectivity index (χ2v) is 6.49. The van der Waals surface area contributed by atoms with Crippen LogP contribution in [0.5, 0.6) is 0 Å². The van der Waals surface area contributed by atoms with Crippen molar-refractivity contribution in [3.05, 3.63) is 34.1 Å². The average molecular weight is 344 g/mol. The van der Waals surface area contributed by atoms with Crippen molar-refractivity contribution in [1.29, 1.82) is 0 Å². The van der Waals surface area contributed by atoms with Crippen LogP contribution in [-0.2, 0) is 0 Å². The molecule has 1 aliphatic rings. The van der Waals surface area contributed by atoms with Crippen LogP contribution in [0.1, 0.15) is 43.0 Å². The van der Waals surface area contributed by atoms with Crippen LogP contribution < -0.4 is 5.32 Å². The number of benzene rings is 1. The van der Waals surface area contributed by atoms with Gasteiger partial charge in [0.1, 0.15) is 5.82 Å². The molecule has 5 heteroatoms. The number of carbonyl (C=O) groups is 1. The number of carbonyl (C=O) groups excluding carboxylic acids is 1. The summed E-state index contributed by atoms with van der Waals surface area (Å²) < 4.78 is 13.6. The third kappa shape index (κ3) is 3.20. The van der Waals surface area contributed by atoms with Gasteiger partial charge in [0.15, 0.2) is 0 Å². The van der Waals surface area contributed by atoms with Gasteiger partial charge in [0.2, 0.25) is 0 Å². The largest absolute Gasteiger partial charge is 0.394 e. The molecule has 0 saturated heterocycles. The molecular weight excluding hydrogens is 325 g/mol. The Morgan fingerprint density at radius 3 is 3.00 bits per heavy atom. The van der Waals surface area contributed by atoms with Crippen molar-refractivity contribution < 1.29 is 14.3 Å². The van der Waals surface area contributed by atoms with Gasteiger partial charge in [-0.15, -0.1) is 0 Å². The van der Waals surface area contributed by atoms with E-state index in [2.05, 4.69) is 28.2 Å². The minimum atomic E-state index is -0.583. The Balaban J connectivity index is 2.19. The van der Waals surface area contributed by atoms with Gasteiger partial charge >= 0.3 is 0 Å². The highest BCUT2D eigenvalue weighted by Gasteiger charge is 2.36. The molecule has 1 aliphatic carbocycles. The Bertz CT molecular complexity index is 509. The lowest BCUT2D eigenvalue weighted by Gasteiger charge is -2.39. The van der Waals surface area contributed by atoms with Crippen molar-refractivity contribution in [2.45, 2.75) is 38.1 Å². The van der Waals surface area contributed by atoms with Gasteiger partial charge in [-0.1, -0.05) is 25.8 Å². The van der Waals surface area contributed by atoms with E-state index in [4.69, 9.17) is 0 Å². The van der Waals surface area contributed by atoms with Crippen molar-refractivity contribution >= 4 is 21.8 Å². The molecule has 2 unspecified atom stereocenters. The van der Waals surface area contributed by atoms with Crippen LogP contribution in [-0.4, -0.2) is 23.2 Å². The molecule has 0 spiro atoms. The highest BCUT2D eigenvalue weighted by molar-refractivity contribution is 9.10. The molecule has 0 bridgehead atoms. The molecule has 3 nitrogen and oxygen atoms in total. The van der Waals surface area contributed by atoms with Crippen LogP contribution in [0.2, 0.25) is 0 Å². The van der Waals surface area contributed by atoms with E-state index >= 15 is 0 Å². The van der Waals surface area contributed by atoms with Crippen molar-refractivity contribution in [2.24, 2.45) is 5.92 Å². The fourth-order valence-electron chi connectivity index (χ4n) is 2.94. The minimum Gasteiger partial charge on any atom is -0.394 e. The summed E-state index contributed by atoms with van der Waals surface area (Å²) in [4.78, 5) is 12.3. The second-order valence-electron chi connectivity index (χ2n) is 5.70. The molecule has 0 aromatic heterocycles. The van der Waals surface area contributed by atoms with E-state index in [1.807, 2.05) is 0 Å². The molecule has 0 heterocycles. The molecule has 1 aromatic rings. The number of halogens is 2. The van der Waals surface area contributed by atoms with Gasteiger partial charge in [0, 0.05) is 0 Å². The lowest BCUT2D eigenvalue weighted by molar-refractivity contribution is 0.0696. The van der Waals surface area contributed by atoms with Gasteiger partial charge in [0.05, 0.1) is 22.2 Å². The highest BCUT2D eigenvalue weighted by atomic mass is 79.9. The van der Waals surface area contributed by atoms with Crippen molar-refractivity contribution in [3.63, 3.8) is 0 Å². The molecule has 2 N–H and O–H groups in total. The zero-order valence-corrected chi connectivity index (χ0v) is 13.0. The lowest BCUT2D eigenvalue weighted by Crippen LogP contribution is -2.53.